The molecule has 3 nitrogen and oxygen atoms in total. The standard InChI is InChI=1S/C10H18O3/c1-3-8(10(11)12)6-9-5-4-7(2)13-9/h7-9H,3-6H2,1-2H3,(H,11,12). The molecule has 0 aromatic heterocycles. The van der Waals surface area contributed by atoms with Crippen LogP contribution >= 0.6 is 0 Å². The Hall–Kier alpha value is -0.570. The highest BCUT2D eigenvalue weighted by Gasteiger charge is 2.27. The predicted molar refractivity (Wildman–Crippen MR) is 49.6 cm³/mol. The third kappa shape index (κ3) is 2.99. The average Bonchev–Trinajstić information content (AvgIpc) is 2.46. The second kappa shape index (κ2) is 4.61. The molecule has 3 unspecified atom stereocenters. The van der Waals surface area contributed by atoms with E-state index in [4.69, 9.17) is 9.84 Å². The van der Waals surface area contributed by atoms with Crippen molar-refractivity contribution in [1.82, 2.24) is 0 Å². The molecule has 1 rings (SSSR count). The summed E-state index contributed by atoms with van der Waals surface area (Å²) in [7, 11) is 0. The van der Waals surface area contributed by atoms with Crippen molar-refractivity contribution < 1.29 is 14.6 Å². The van der Waals surface area contributed by atoms with Gasteiger partial charge in [-0.25, -0.2) is 0 Å². The Morgan fingerprint density at radius 2 is 2.31 bits per heavy atom. The van der Waals surface area contributed by atoms with E-state index >= 15 is 0 Å². The smallest absolute Gasteiger partial charge is 0.306 e. The molecule has 3 heteroatoms. The quantitative estimate of drug-likeness (QED) is 0.731. The summed E-state index contributed by atoms with van der Waals surface area (Å²) < 4.78 is 5.58. The normalized spacial score (nSPS) is 30.3. The minimum absolute atomic E-state index is 0.177. The topological polar surface area (TPSA) is 46.5 Å². The zero-order valence-corrected chi connectivity index (χ0v) is 8.32. The first kappa shape index (κ1) is 10.5. The summed E-state index contributed by atoms with van der Waals surface area (Å²) in [6.45, 7) is 3.96. The predicted octanol–water partition coefficient (Wildman–Crippen LogP) is 2.05. The van der Waals surface area contributed by atoms with Crippen LogP contribution in [0.5, 0.6) is 0 Å². The van der Waals surface area contributed by atoms with Gasteiger partial charge in [0.25, 0.3) is 0 Å². The maximum atomic E-state index is 10.7. The summed E-state index contributed by atoms with van der Waals surface area (Å²) in [6, 6.07) is 0. The van der Waals surface area contributed by atoms with Crippen molar-refractivity contribution >= 4 is 5.97 Å². The van der Waals surface area contributed by atoms with E-state index in [-0.39, 0.29) is 12.0 Å². The largest absolute Gasteiger partial charge is 0.481 e. The molecular formula is C10H18O3. The minimum atomic E-state index is -0.689. The number of rotatable bonds is 4. The van der Waals surface area contributed by atoms with Crippen LogP contribution in [-0.2, 0) is 9.53 Å². The lowest BCUT2D eigenvalue weighted by Gasteiger charge is -2.15. The summed E-state index contributed by atoms with van der Waals surface area (Å²) in [6.07, 6.45) is 3.96. The molecule has 0 spiro atoms. The van der Waals surface area contributed by atoms with Gasteiger partial charge in [0.2, 0.25) is 0 Å². The van der Waals surface area contributed by atoms with E-state index in [9.17, 15) is 4.79 Å². The lowest BCUT2D eigenvalue weighted by molar-refractivity contribution is -0.143. The van der Waals surface area contributed by atoms with Gasteiger partial charge < -0.3 is 9.84 Å². The first-order valence-corrected chi connectivity index (χ1v) is 5.01. The summed E-state index contributed by atoms with van der Waals surface area (Å²) in [5.74, 6) is -0.916. The third-order valence-electron chi connectivity index (χ3n) is 2.71. The van der Waals surface area contributed by atoms with Crippen molar-refractivity contribution in [3.8, 4) is 0 Å². The highest BCUT2D eigenvalue weighted by atomic mass is 16.5. The van der Waals surface area contributed by atoms with Gasteiger partial charge in [0, 0.05) is 0 Å². The Morgan fingerprint density at radius 3 is 2.69 bits per heavy atom. The molecule has 0 aromatic rings. The van der Waals surface area contributed by atoms with Crippen LogP contribution in [0.25, 0.3) is 0 Å². The highest BCUT2D eigenvalue weighted by molar-refractivity contribution is 5.69. The van der Waals surface area contributed by atoms with Crippen LogP contribution in [0, 0.1) is 5.92 Å². The fraction of sp³-hybridized carbons (Fsp3) is 0.900. The van der Waals surface area contributed by atoms with E-state index in [1.165, 1.54) is 0 Å². The molecule has 1 saturated heterocycles. The monoisotopic (exact) mass is 186 g/mol. The summed E-state index contributed by atoms with van der Waals surface area (Å²) >= 11 is 0. The Kier molecular flexibility index (Phi) is 3.72. The molecule has 3 atom stereocenters. The second-order valence-electron chi connectivity index (χ2n) is 3.83. The second-order valence-corrected chi connectivity index (χ2v) is 3.83. The van der Waals surface area contributed by atoms with Crippen LogP contribution < -0.4 is 0 Å². The SMILES string of the molecule is CCC(CC1CCC(C)O1)C(=O)O. The molecule has 0 amide bonds. The van der Waals surface area contributed by atoms with Crippen LogP contribution in [0.4, 0.5) is 0 Å². The number of ether oxygens (including phenoxy) is 1. The molecule has 1 N–H and O–H groups in total. The minimum Gasteiger partial charge on any atom is -0.481 e. The van der Waals surface area contributed by atoms with Crippen molar-refractivity contribution in [3.63, 3.8) is 0 Å². The molecule has 0 aromatic carbocycles. The van der Waals surface area contributed by atoms with Crippen LogP contribution in [0.15, 0.2) is 0 Å². The molecular weight excluding hydrogens is 168 g/mol. The van der Waals surface area contributed by atoms with E-state index in [2.05, 4.69) is 0 Å². The van der Waals surface area contributed by atoms with E-state index in [0.29, 0.717) is 18.9 Å². The molecule has 76 valence electrons. The maximum Gasteiger partial charge on any atom is 0.306 e. The van der Waals surface area contributed by atoms with Gasteiger partial charge >= 0.3 is 5.97 Å². The average molecular weight is 186 g/mol. The number of aliphatic carboxylic acids is 1. The molecule has 13 heavy (non-hydrogen) atoms. The molecule has 0 saturated carbocycles. The number of hydrogen-bond acceptors (Lipinski definition) is 2. The number of carbonyl (C=O) groups is 1. The Bertz CT molecular complexity index is 179. The van der Waals surface area contributed by atoms with Crippen LogP contribution in [-0.4, -0.2) is 23.3 Å². The zero-order chi connectivity index (χ0) is 9.84. The zero-order valence-electron chi connectivity index (χ0n) is 8.32. The van der Waals surface area contributed by atoms with Crippen molar-refractivity contribution in [2.75, 3.05) is 0 Å². The fourth-order valence-electron chi connectivity index (χ4n) is 1.82. The Labute approximate surface area is 79.1 Å². The molecule has 1 aliphatic heterocycles. The summed E-state index contributed by atoms with van der Waals surface area (Å²) in [5.41, 5.74) is 0. The molecule has 1 aliphatic rings. The van der Waals surface area contributed by atoms with Crippen molar-refractivity contribution in [3.05, 3.63) is 0 Å². The van der Waals surface area contributed by atoms with E-state index in [0.717, 1.165) is 12.8 Å². The number of carboxylic acids is 1. The molecule has 1 fully saturated rings. The van der Waals surface area contributed by atoms with Crippen LogP contribution in [0.3, 0.4) is 0 Å². The lowest BCUT2D eigenvalue weighted by Crippen LogP contribution is -2.20. The molecule has 1 heterocycles. The van der Waals surface area contributed by atoms with Gasteiger partial charge in [-0.3, -0.25) is 4.79 Å². The van der Waals surface area contributed by atoms with Crippen molar-refractivity contribution in [2.45, 2.75) is 51.7 Å². The Balaban J connectivity index is 2.34. The van der Waals surface area contributed by atoms with E-state index < -0.39 is 5.97 Å². The van der Waals surface area contributed by atoms with Gasteiger partial charge in [0.15, 0.2) is 0 Å². The van der Waals surface area contributed by atoms with Crippen molar-refractivity contribution in [1.29, 1.82) is 0 Å². The fourth-order valence-corrected chi connectivity index (χ4v) is 1.82. The molecule has 0 bridgehead atoms. The van der Waals surface area contributed by atoms with Gasteiger partial charge in [-0.1, -0.05) is 6.92 Å². The highest BCUT2D eigenvalue weighted by Crippen LogP contribution is 2.25. The van der Waals surface area contributed by atoms with Crippen LogP contribution in [0.1, 0.15) is 39.5 Å². The van der Waals surface area contributed by atoms with Gasteiger partial charge in [0.1, 0.15) is 0 Å². The van der Waals surface area contributed by atoms with E-state index in [1.54, 1.807) is 0 Å². The number of hydrogen-bond donors (Lipinski definition) is 1. The van der Waals surface area contributed by atoms with Crippen molar-refractivity contribution in [2.24, 2.45) is 5.92 Å². The lowest BCUT2D eigenvalue weighted by atomic mass is 9.97. The Morgan fingerprint density at radius 1 is 1.62 bits per heavy atom. The van der Waals surface area contributed by atoms with Gasteiger partial charge in [0.05, 0.1) is 18.1 Å². The van der Waals surface area contributed by atoms with Gasteiger partial charge in [-0.2, -0.15) is 0 Å². The number of carboxylic acid groups (broad SMARTS) is 1. The third-order valence-corrected chi connectivity index (χ3v) is 2.71. The van der Waals surface area contributed by atoms with E-state index in [1.807, 2.05) is 13.8 Å². The van der Waals surface area contributed by atoms with Gasteiger partial charge in [-0.15, -0.1) is 0 Å². The van der Waals surface area contributed by atoms with Crippen LogP contribution in [0.2, 0.25) is 0 Å². The molecule has 0 aliphatic carbocycles. The first-order chi connectivity index (χ1) is 6.13. The van der Waals surface area contributed by atoms with Gasteiger partial charge in [-0.05, 0) is 32.6 Å². The summed E-state index contributed by atoms with van der Waals surface area (Å²) in [4.78, 5) is 10.7. The summed E-state index contributed by atoms with van der Waals surface area (Å²) in [5, 5.41) is 8.84. The molecule has 0 radical (unpaired) electrons. The maximum absolute atomic E-state index is 10.7. The first-order valence-electron chi connectivity index (χ1n) is 5.01.